The van der Waals surface area contributed by atoms with E-state index in [1.807, 2.05) is 30.7 Å². The third kappa shape index (κ3) is 4.78. The average Bonchev–Trinajstić information content (AvgIpc) is 3.22. The van der Waals surface area contributed by atoms with Crippen molar-refractivity contribution in [3.8, 4) is 0 Å². The molecule has 2 aromatic heterocycles. The van der Waals surface area contributed by atoms with E-state index in [-0.39, 0.29) is 0 Å². The van der Waals surface area contributed by atoms with Crippen molar-refractivity contribution in [2.24, 2.45) is 0 Å². The van der Waals surface area contributed by atoms with Crippen LogP contribution in [0.1, 0.15) is 0 Å². The lowest BCUT2D eigenvalue weighted by Crippen LogP contribution is -1.64. The molecule has 0 bridgehead atoms. The molecule has 2 N–H and O–H groups in total. The molecular formula is C19H21N2S2+. The summed E-state index contributed by atoms with van der Waals surface area (Å²) in [6, 6.07) is 18.6. The van der Waals surface area contributed by atoms with Crippen LogP contribution in [0.2, 0.25) is 0 Å². The van der Waals surface area contributed by atoms with Gasteiger partial charge in [0.15, 0.2) is 0 Å². The number of hydrogen-bond donors (Lipinski definition) is 2. The van der Waals surface area contributed by atoms with Crippen molar-refractivity contribution in [3.05, 3.63) is 73.2 Å². The molecule has 0 saturated carbocycles. The van der Waals surface area contributed by atoms with Crippen LogP contribution in [0.25, 0.3) is 21.8 Å². The van der Waals surface area contributed by atoms with E-state index in [1.54, 1.807) is 11.8 Å². The lowest BCUT2D eigenvalue weighted by Gasteiger charge is -1.90. The molecule has 118 valence electrons. The van der Waals surface area contributed by atoms with Gasteiger partial charge in [-0.3, -0.25) is 0 Å². The average molecular weight is 342 g/mol. The number of hydrogen-bond acceptors (Lipinski definition) is 2. The molecule has 0 radical (unpaired) electrons. The van der Waals surface area contributed by atoms with Crippen LogP contribution in [0.3, 0.4) is 0 Å². The molecular weight excluding hydrogens is 320 g/mol. The molecule has 0 unspecified atom stereocenters. The van der Waals surface area contributed by atoms with Crippen molar-refractivity contribution in [1.29, 1.82) is 0 Å². The van der Waals surface area contributed by atoms with Crippen LogP contribution in [0.4, 0.5) is 0 Å². The number of thioether (sulfide) groups is 2. The van der Waals surface area contributed by atoms with Gasteiger partial charge in [-0.25, -0.2) is 0 Å². The summed E-state index contributed by atoms with van der Waals surface area (Å²) in [5, 5.41) is 2.59. The van der Waals surface area contributed by atoms with E-state index >= 15 is 0 Å². The predicted octanol–water partition coefficient (Wildman–Crippen LogP) is 6.20. The van der Waals surface area contributed by atoms with Gasteiger partial charge in [-0.1, -0.05) is 36.4 Å². The molecule has 0 atom stereocenters. The van der Waals surface area contributed by atoms with Gasteiger partial charge in [-0.15, -0.1) is 11.8 Å². The maximum Gasteiger partial charge on any atom is 0.128 e. The Morgan fingerprint density at radius 1 is 0.826 bits per heavy atom. The summed E-state index contributed by atoms with van der Waals surface area (Å²) in [5.74, 6) is 0. The van der Waals surface area contributed by atoms with Crippen molar-refractivity contribution in [2.45, 2.75) is 4.90 Å². The Morgan fingerprint density at radius 2 is 1.48 bits per heavy atom. The van der Waals surface area contributed by atoms with Crippen molar-refractivity contribution < 1.29 is 0 Å². The van der Waals surface area contributed by atoms with Gasteiger partial charge in [-0.05, 0) is 29.8 Å². The highest BCUT2D eigenvalue weighted by Gasteiger charge is 1.98. The first kappa shape index (κ1) is 17.4. The second kappa shape index (κ2) is 9.28. The Kier molecular flexibility index (Phi) is 7.04. The van der Waals surface area contributed by atoms with Crippen LogP contribution in [-0.2, 0) is 0 Å². The van der Waals surface area contributed by atoms with Crippen molar-refractivity contribution in [3.63, 3.8) is 0 Å². The molecule has 4 aromatic rings. The van der Waals surface area contributed by atoms with Crippen LogP contribution in [0.15, 0.2) is 71.9 Å². The number of para-hydroxylation sites is 2. The Labute approximate surface area is 146 Å². The number of H-pyrrole nitrogens is 2. The second-order valence-corrected chi connectivity index (χ2v) is 6.18. The van der Waals surface area contributed by atoms with Crippen LogP contribution in [0.5, 0.6) is 0 Å². The maximum absolute atomic E-state index is 3.40. The van der Waals surface area contributed by atoms with Crippen molar-refractivity contribution >= 4 is 45.3 Å². The van der Waals surface area contributed by atoms with E-state index < -0.39 is 0 Å². The minimum Gasteiger partial charge on any atom is -0.361 e. The molecule has 4 rings (SSSR count). The first-order chi connectivity index (χ1) is 11.3. The van der Waals surface area contributed by atoms with E-state index in [0.717, 1.165) is 0 Å². The lowest BCUT2D eigenvalue weighted by atomic mass is 10.2. The normalized spacial score (nSPS) is 9.83. The lowest BCUT2D eigenvalue weighted by molar-refractivity contribution is 1.42. The summed E-state index contributed by atoms with van der Waals surface area (Å²) < 4.78 is 0. The summed E-state index contributed by atoms with van der Waals surface area (Å²) >= 11 is 3.27. The third-order valence-corrected chi connectivity index (χ3v) is 4.01. The maximum atomic E-state index is 3.40. The summed E-state index contributed by atoms with van der Waals surface area (Å²) in [6.07, 6.45) is 11.4. The second-order valence-electron chi connectivity index (χ2n) is 4.76. The topological polar surface area (TPSA) is 31.6 Å². The Morgan fingerprint density at radius 3 is 2.17 bits per heavy atom. The van der Waals surface area contributed by atoms with Crippen LogP contribution >= 0.6 is 23.5 Å². The van der Waals surface area contributed by atoms with Crippen LogP contribution < -0.4 is 0 Å². The molecule has 4 heteroatoms. The molecule has 0 aliphatic rings. The van der Waals surface area contributed by atoms with E-state index in [9.17, 15) is 0 Å². The Bertz CT molecular complexity index is 803. The van der Waals surface area contributed by atoms with E-state index in [2.05, 4.69) is 65.1 Å². The fraction of sp³-hybridized carbons (Fsp3) is 0.105. The van der Waals surface area contributed by atoms with Gasteiger partial charge in [0.25, 0.3) is 0 Å². The van der Waals surface area contributed by atoms with E-state index in [1.165, 1.54) is 38.5 Å². The van der Waals surface area contributed by atoms with Crippen molar-refractivity contribution in [1.82, 2.24) is 9.97 Å². The molecule has 0 spiro atoms. The smallest absolute Gasteiger partial charge is 0.128 e. The van der Waals surface area contributed by atoms with Gasteiger partial charge >= 0.3 is 0 Å². The highest BCUT2D eigenvalue weighted by Crippen LogP contribution is 2.25. The fourth-order valence-electron chi connectivity index (χ4n) is 2.21. The highest BCUT2D eigenvalue weighted by molar-refractivity contribution is 7.99. The number of aromatic amines is 2. The number of nitrogens with one attached hydrogen (secondary N) is 2. The van der Waals surface area contributed by atoms with E-state index in [0.29, 0.717) is 0 Å². The zero-order chi connectivity index (χ0) is 16.5. The molecule has 0 aliphatic carbocycles. The molecule has 2 nitrogen and oxygen atoms in total. The van der Waals surface area contributed by atoms with Gasteiger partial charge < -0.3 is 9.97 Å². The SMILES string of the molecule is CSc1c[nH]c2ccccc12.[CH2+]SC.c1ccc2[nH]ccc2c1. The largest absolute Gasteiger partial charge is 0.361 e. The minimum absolute atomic E-state index is 1.21. The molecule has 0 aliphatic heterocycles. The summed E-state index contributed by atoms with van der Waals surface area (Å²) in [6.45, 7) is 0. The third-order valence-electron chi connectivity index (χ3n) is 3.23. The van der Waals surface area contributed by atoms with Gasteiger partial charge in [0.2, 0.25) is 0 Å². The van der Waals surface area contributed by atoms with Gasteiger partial charge in [0.05, 0.1) is 11.8 Å². The monoisotopic (exact) mass is 341 g/mol. The molecule has 2 heterocycles. The summed E-state index contributed by atoms with van der Waals surface area (Å²) in [5.41, 5.74) is 2.43. The van der Waals surface area contributed by atoms with Gasteiger partial charge in [-0.2, -0.15) is 0 Å². The quantitative estimate of drug-likeness (QED) is 0.319. The standard InChI is InChI=1S/C9H9NS.C8H7N.C2H5S/c1-11-9-6-10-8-5-3-2-4-7(8)9;1-2-4-8-7(3-1)5-6-9-8;1-3-2/h2-6,10H,1H3;1-6,9H;1H2,2H3/q;;+1. The zero-order valence-corrected chi connectivity index (χ0v) is 15.0. The number of benzene rings is 2. The first-order valence-corrected chi connectivity index (χ1v) is 9.82. The van der Waals surface area contributed by atoms with Gasteiger partial charge in [0.1, 0.15) is 6.26 Å². The summed E-state index contributed by atoms with van der Waals surface area (Å²) in [4.78, 5) is 7.66. The molecule has 0 amide bonds. The number of rotatable bonds is 1. The zero-order valence-electron chi connectivity index (χ0n) is 13.4. The number of fused-ring (bicyclic) bond motifs is 2. The predicted molar refractivity (Wildman–Crippen MR) is 107 cm³/mol. The van der Waals surface area contributed by atoms with Crippen LogP contribution in [-0.4, -0.2) is 22.5 Å². The summed E-state index contributed by atoms with van der Waals surface area (Å²) in [7, 11) is 0. The molecule has 2 aromatic carbocycles. The van der Waals surface area contributed by atoms with Crippen molar-refractivity contribution in [2.75, 3.05) is 12.5 Å². The Balaban J connectivity index is 0.000000145. The molecule has 0 fully saturated rings. The fourth-order valence-corrected chi connectivity index (χ4v) is 2.78. The van der Waals surface area contributed by atoms with E-state index in [4.69, 9.17) is 0 Å². The van der Waals surface area contributed by atoms with Gasteiger partial charge in [0, 0.05) is 40.0 Å². The highest BCUT2D eigenvalue weighted by atomic mass is 32.2. The first-order valence-electron chi connectivity index (χ1n) is 7.20. The van der Waals surface area contributed by atoms with Crippen LogP contribution in [0, 0.1) is 6.26 Å². The minimum atomic E-state index is 1.21. The molecule has 0 saturated heterocycles. The molecule has 23 heavy (non-hydrogen) atoms. The number of aromatic nitrogens is 2. The Hall–Kier alpha value is -1.91.